The highest BCUT2D eigenvalue weighted by atomic mass is 32.2. The number of aromatic nitrogens is 1. The smallest absolute Gasteiger partial charge is 0.192 e. The summed E-state index contributed by atoms with van der Waals surface area (Å²) in [7, 11) is 0. The molecule has 0 saturated heterocycles. The molecule has 0 fully saturated rings. The lowest BCUT2D eigenvalue weighted by Crippen LogP contribution is -2.15. The van der Waals surface area contributed by atoms with Crippen LogP contribution in [-0.2, 0) is 0 Å². The van der Waals surface area contributed by atoms with Gasteiger partial charge in [-0.15, -0.1) is 11.8 Å². The fourth-order valence-electron chi connectivity index (χ4n) is 2.54. The lowest BCUT2D eigenvalue weighted by molar-refractivity contribution is 0.0988. The number of rotatable bonds is 5. The molecule has 0 radical (unpaired) electrons. The van der Waals surface area contributed by atoms with Gasteiger partial charge in [0.25, 0.3) is 0 Å². The fraction of sp³-hybridized carbons (Fsp3) is 0.294. The maximum Gasteiger partial charge on any atom is 0.192 e. The van der Waals surface area contributed by atoms with E-state index < -0.39 is 16.9 Å². The predicted molar refractivity (Wildman–Crippen MR) is 86.3 cm³/mol. The van der Waals surface area contributed by atoms with E-state index in [1.807, 2.05) is 0 Å². The van der Waals surface area contributed by atoms with E-state index in [0.29, 0.717) is 27.4 Å². The molecule has 0 aliphatic carbocycles. The Bertz CT molecular complexity index is 783. The van der Waals surface area contributed by atoms with Crippen LogP contribution >= 0.6 is 11.8 Å². The highest BCUT2D eigenvalue weighted by Crippen LogP contribution is 2.28. The fourth-order valence-corrected chi connectivity index (χ4v) is 3.49. The summed E-state index contributed by atoms with van der Waals surface area (Å²) in [5.74, 6) is -2.15. The molecule has 3 nitrogen and oxygen atoms in total. The van der Waals surface area contributed by atoms with Crippen molar-refractivity contribution in [3.8, 4) is 0 Å². The number of thioether (sulfide) groups is 1. The molecular weight excluding hydrogens is 320 g/mol. The monoisotopic (exact) mass is 337 g/mol. The second-order valence-corrected chi connectivity index (χ2v) is 6.80. The van der Waals surface area contributed by atoms with E-state index in [2.05, 4.69) is 4.98 Å². The van der Waals surface area contributed by atoms with Gasteiger partial charge in [0, 0.05) is 16.2 Å². The molecule has 1 aromatic heterocycles. The second kappa shape index (κ2) is 6.66. The highest BCUT2D eigenvalue weighted by Gasteiger charge is 2.24. The van der Waals surface area contributed by atoms with E-state index in [1.165, 1.54) is 13.0 Å². The molecule has 122 valence electrons. The minimum absolute atomic E-state index is 0.101. The van der Waals surface area contributed by atoms with E-state index in [-0.39, 0.29) is 11.6 Å². The zero-order chi connectivity index (χ0) is 17.3. The largest absolute Gasteiger partial charge is 0.355 e. The summed E-state index contributed by atoms with van der Waals surface area (Å²) in [6, 6.07) is 3.53. The summed E-state index contributed by atoms with van der Waals surface area (Å²) in [6.45, 7) is 6.62. The third-order valence-electron chi connectivity index (χ3n) is 3.61. The Morgan fingerprint density at radius 2 is 1.83 bits per heavy atom. The molecule has 1 atom stereocenters. The summed E-state index contributed by atoms with van der Waals surface area (Å²) in [5, 5.41) is -0.503. The summed E-state index contributed by atoms with van der Waals surface area (Å²) in [5.41, 5.74) is 2.19. The molecule has 2 aromatic rings. The van der Waals surface area contributed by atoms with Crippen molar-refractivity contribution in [2.24, 2.45) is 0 Å². The number of carbonyl (C=O) groups excluding carboxylic acids is 2. The van der Waals surface area contributed by atoms with Gasteiger partial charge in [0.15, 0.2) is 23.2 Å². The topological polar surface area (TPSA) is 49.9 Å². The van der Waals surface area contributed by atoms with Crippen LogP contribution in [0.3, 0.4) is 0 Å². The normalized spacial score (nSPS) is 12.3. The Hall–Kier alpha value is -1.95. The van der Waals surface area contributed by atoms with Crippen LogP contribution in [0.15, 0.2) is 23.1 Å². The van der Waals surface area contributed by atoms with Gasteiger partial charge in [-0.05, 0) is 51.5 Å². The van der Waals surface area contributed by atoms with Crippen LogP contribution in [-0.4, -0.2) is 21.8 Å². The van der Waals surface area contributed by atoms with Crippen LogP contribution in [0.5, 0.6) is 0 Å². The number of halogens is 2. The van der Waals surface area contributed by atoms with Gasteiger partial charge in [0.2, 0.25) is 0 Å². The second-order valence-electron chi connectivity index (χ2n) is 5.38. The molecule has 0 aliphatic heterocycles. The molecule has 0 spiro atoms. The Balaban J connectivity index is 2.24. The maximum atomic E-state index is 13.2. The average Bonchev–Trinajstić information content (AvgIpc) is 2.77. The van der Waals surface area contributed by atoms with Crippen molar-refractivity contribution in [1.29, 1.82) is 0 Å². The lowest BCUT2D eigenvalue weighted by Gasteiger charge is -2.10. The molecule has 0 unspecified atom stereocenters. The van der Waals surface area contributed by atoms with E-state index in [4.69, 9.17) is 0 Å². The SMILES string of the molecule is CC(=O)c1c(C)[nH]c(C(=O)[C@H](C)Sc2ccc(F)c(F)c2)c1C. The van der Waals surface area contributed by atoms with Crippen molar-refractivity contribution in [3.05, 3.63) is 52.3 Å². The molecule has 0 aliphatic rings. The van der Waals surface area contributed by atoms with Crippen LogP contribution < -0.4 is 0 Å². The Morgan fingerprint density at radius 3 is 2.35 bits per heavy atom. The summed E-state index contributed by atoms with van der Waals surface area (Å²) >= 11 is 1.14. The van der Waals surface area contributed by atoms with Crippen LogP contribution in [0.25, 0.3) is 0 Å². The minimum Gasteiger partial charge on any atom is -0.355 e. The first-order chi connectivity index (χ1) is 10.7. The van der Waals surface area contributed by atoms with Crippen molar-refractivity contribution in [3.63, 3.8) is 0 Å². The van der Waals surface area contributed by atoms with Crippen LogP contribution in [0.2, 0.25) is 0 Å². The Morgan fingerprint density at radius 1 is 1.17 bits per heavy atom. The number of benzene rings is 1. The number of ketones is 2. The van der Waals surface area contributed by atoms with Crippen LogP contribution in [0, 0.1) is 25.5 Å². The first-order valence-corrected chi connectivity index (χ1v) is 7.96. The third-order valence-corrected chi connectivity index (χ3v) is 4.70. The van der Waals surface area contributed by atoms with E-state index in [1.54, 1.807) is 20.8 Å². The van der Waals surface area contributed by atoms with Gasteiger partial charge in [-0.1, -0.05) is 0 Å². The molecule has 6 heteroatoms. The van der Waals surface area contributed by atoms with Crippen molar-refractivity contribution in [1.82, 2.24) is 4.98 Å². The molecule has 1 N–H and O–H groups in total. The van der Waals surface area contributed by atoms with Crippen LogP contribution in [0.1, 0.15) is 46.0 Å². The summed E-state index contributed by atoms with van der Waals surface area (Å²) < 4.78 is 26.2. The van der Waals surface area contributed by atoms with E-state index in [9.17, 15) is 18.4 Å². The number of aryl methyl sites for hydroxylation is 1. The molecule has 23 heavy (non-hydrogen) atoms. The molecule has 0 bridgehead atoms. The van der Waals surface area contributed by atoms with Crippen molar-refractivity contribution < 1.29 is 18.4 Å². The van der Waals surface area contributed by atoms with Crippen molar-refractivity contribution >= 4 is 23.3 Å². The van der Waals surface area contributed by atoms with Gasteiger partial charge in [-0.2, -0.15) is 0 Å². The van der Waals surface area contributed by atoms with Gasteiger partial charge >= 0.3 is 0 Å². The predicted octanol–water partition coefficient (Wildman–Crippen LogP) is 4.48. The molecule has 0 saturated carbocycles. The van der Waals surface area contributed by atoms with Crippen LogP contribution in [0.4, 0.5) is 8.78 Å². The Labute approximate surface area is 137 Å². The number of hydrogen-bond donors (Lipinski definition) is 1. The first-order valence-electron chi connectivity index (χ1n) is 7.08. The zero-order valence-electron chi connectivity index (χ0n) is 13.3. The maximum absolute atomic E-state index is 13.2. The molecule has 0 amide bonds. The highest BCUT2D eigenvalue weighted by molar-refractivity contribution is 8.00. The van der Waals surface area contributed by atoms with Gasteiger partial charge < -0.3 is 4.98 Å². The molecular formula is C17H17F2NO2S. The summed E-state index contributed by atoms with van der Waals surface area (Å²) in [6.07, 6.45) is 0. The molecule has 1 heterocycles. The number of Topliss-reactive ketones (excluding diaryl/α,β-unsaturated/α-hetero) is 2. The zero-order valence-corrected chi connectivity index (χ0v) is 14.1. The summed E-state index contributed by atoms with van der Waals surface area (Å²) in [4.78, 5) is 27.7. The average molecular weight is 337 g/mol. The number of hydrogen-bond acceptors (Lipinski definition) is 3. The van der Waals surface area contributed by atoms with Crippen molar-refractivity contribution in [2.75, 3.05) is 0 Å². The van der Waals surface area contributed by atoms with E-state index >= 15 is 0 Å². The molecule has 2 rings (SSSR count). The number of carbonyl (C=O) groups is 2. The number of nitrogens with one attached hydrogen (secondary N) is 1. The third kappa shape index (κ3) is 3.52. The lowest BCUT2D eigenvalue weighted by atomic mass is 10.0. The molecule has 1 aromatic carbocycles. The van der Waals surface area contributed by atoms with Gasteiger partial charge in [0.1, 0.15) is 0 Å². The van der Waals surface area contributed by atoms with Gasteiger partial charge in [-0.25, -0.2) is 8.78 Å². The van der Waals surface area contributed by atoms with Gasteiger partial charge in [0.05, 0.1) is 10.9 Å². The van der Waals surface area contributed by atoms with Crippen molar-refractivity contribution in [2.45, 2.75) is 37.8 Å². The van der Waals surface area contributed by atoms with E-state index in [0.717, 1.165) is 23.9 Å². The quantitative estimate of drug-likeness (QED) is 0.647. The minimum atomic E-state index is -0.944. The Kier molecular flexibility index (Phi) is 5.04. The first kappa shape index (κ1) is 17.4. The standard InChI is InChI=1S/C17H17F2NO2S/c1-8-15(10(3)21)9(2)20-16(8)17(22)11(4)23-12-5-6-13(18)14(19)7-12/h5-7,11,20H,1-4H3/t11-/m0/s1. The van der Waals surface area contributed by atoms with Gasteiger partial charge in [-0.3, -0.25) is 9.59 Å². The number of H-pyrrole nitrogens is 1. The number of aromatic amines is 1.